The van der Waals surface area contributed by atoms with Crippen LogP contribution in [0.3, 0.4) is 0 Å². The van der Waals surface area contributed by atoms with Crippen LogP contribution in [0.25, 0.3) is 0 Å². The Morgan fingerprint density at radius 1 is 1.00 bits per heavy atom. The van der Waals surface area contributed by atoms with Gasteiger partial charge >= 0.3 is 0 Å². The molecular weight excluding hydrogens is 536 g/mol. The minimum Gasteiger partial charge on any atom is -0.361 e. The number of ketones is 2. The summed E-state index contributed by atoms with van der Waals surface area (Å²) in [7, 11) is -3.89. The highest BCUT2D eigenvalue weighted by molar-refractivity contribution is 7.89. The summed E-state index contributed by atoms with van der Waals surface area (Å²) in [4.78, 5) is 40.5. The zero-order valence-corrected chi connectivity index (χ0v) is 24.9. The number of benzene rings is 1. The quantitative estimate of drug-likeness (QED) is 0.290. The standard InChI is InChI=1S/C29H40N2O6S2/c1-19(2)13-24(31-39(35,36)23-11-12-38-17-23)26(32)16-22(15-21-9-7-6-8-10-21)28(34)30-25(14-20(3)4)27(33)29(5)18-37-29/h6-12,17,19-20,22,24-25,31H,13-16,18H2,1-5H3,(H,30,34)/t22-,24+,25+,29-/m1/s1. The number of ether oxygens (including phenoxy) is 1. The fourth-order valence-corrected chi connectivity index (χ4v) is 6.79. The molecule has 1 fully saturated rings. The molecule has 214 valence electrons. The van der Waals surface area contributed by atoms with Gasteiger partial charge in [0.25, 0.3) is 0 Å². The Bertz CT molecular complexity index is 1220. The van der Waals surface area contributed by atoms with Gasteiger partial charge in [-0.1, -0.05) is 58.0 Å². The Labute approximate surface area is 236 Å². The van der Waals surface area contributed by atoms with Gasteiger partial charge in [-0.3, -0.25) is 14.4 Å². The highest BCUT2D eigenvalue weighted by Gasteiger charge is 2.50. The fraction of sp³-hybridized carbons (Fsp3) is 0.552. The van der Waals surface area contributed by atoms with Crippen LogP contribution in [0, 0.1) is 17.8 Å². The first-order valence-electron chi connectivity index (χ1n) is 13.4. The lowest BCUT2D eigenvalue weighted by molar-refractivity contribution is -0.134. The first kappa shape index (κ1) is 31.1. The SMILES string of the molecule is CC(C)C[C@H](NS(=O)(=O)c1ccsc1)C(=O)C[C@@H](Cc1ccccc1)C(=O)N[C@@H](CC(C)C)C(=O)[C@@]1(C)CO1. The molecule has 8 nitrogen and oxygen atoms in total. The first-order valence-corrected chi connectivity index (χ1v) is 15.8. The van der Waals surface area contributed by atoms with Crippen LogP contribution in [0.15, 0.2) is 52.1 Å². The normalized spacial score (nSPS) is 19.5. The third kappa shape index (κ3) is 9.06. The number of Topliss-reactive ketones (excluding diaryl/α,β-unsaturated/α-hetero) is 2. The third-order valence-corrected chi connectivity index (χ3v) is 9.08. The minimum atomic E-state index is -3.89. The fourth-order valence-electron chi connectivity index (χ4n) is 4.53. The van der Waals surface area contributed by atoms with Crippen LogP contribution in [0.4, 0.5) is 0 Å². The second-order valence-corrected chi connectivity index (χ2v) is 13.9. The zero-order valence-electron chi connectivity index (χ0n) is 23.3. The summed E-state index contributed by atoms with van der Waals surface area (Å²) in [6.45, 7) is 9.82. The van der Waals surface area contributed by atoms with Crippen LogP contribution >= 0.6 is 11.3 Å². The van der Waals surface area contributed by atoms with Gasteiger partial charge in [-0.2, -0.15) is 11.3 Å². The summed E-state index contributed by atoms with van der Waals surface area (Å²) in [5.41, 5.74) is -0.0196. The van der Waals surface area contributed by atoms with Crippen molar-refractivity contribution in [1.82, 2.24) is 10.0 Å². The number of rotatable bonds is 16. The van der Waals surface area contributed by atoms with E-state index < -0.39 is 39.5 Å². The van der Waals surface area contributed by atoms with Gasteiger partial charge in [-0.25, -0.2) is 13.1 Å². The largest absolute Gasteiger partial charge is 0.361 e. The molecule has 1 aliphatic rings. The summed E-state index contributed by atoms with van der Waals surface area (Å²) < 4.78 is 33.8. The highest BCUT2D eigenvalue weighted by Crippen LogP contribution is 2.30. The Morgan fingerprint density at radius 3 is 2.15 bits per heavy atom. The molecular formula is C29H40N2O6S2. The maximum Gasteiger partial charge on any atom is 0.242 e. The van der Waals surface area contributed by atoms with E-state index in [1.807, 2.05) is 58.0 Å². The van der Waals surface area contributed by atoms with Crippen LogP contribution in [0.2, 0.25) is 0 Å². The number of epoxide rings is 1. The third-order valence-electron chi connectivity index (χ3n) is 6.78. The molecule has 39 heavy (non-hydrogen) atoms. The lowest BCUT2D eigenvalue weighted by Gasteiger charge is -2.26. The zero-order chi connectivity index (χ0) is 28.8. The van der Waals surface area contributed by atoms with E-state index in [-0.39, 0.29) is 41.1 Å². The molecule has 10 heteroatoms. The van der Waals surface area contributed by atoms with Crippen molar-refractivity contribution in [2.45, 2.75) is 82.9 Å². The van der Waals surface area contributed by atoms with Gasteiger partial charge in [0.2, 0.25) is 15.9 Å². The predicted octanol–water partition coefficient (Wildman–Crippen LogP) is 4.15. The summed E-state index contributed by atoms with van der Waals surface area (Å²) >= 11 is 1.26. The van der Waals surface area contributed by atoms with Crippen molar-refractivity contribution in [3.8, 4) is 0 Å². The average Bonchev–Trinajstić information content (AvgIpc) is 3.36. The molecule has 0 unspecified atom stereocenters. The lowest BCUT2D eigenvalue weighted by atomic mass is 9.88. The molecule has 1 amide bonds. The molecule has 1 aromatic carbocycles. The van der Waals surface area contributed by atoms with E-state index in [2.05, 4.69) is 10.0 Å². The number of sulfonamides is 1. The molecule has 1 saturated heterocycles. The van der Waals surface area contributed by atoms with E-state index in [0.29, 0.717) is 19.4 Å². The number of hydrogen-bond acceptors (Lipinski definition) is 7. The topological polar surface area (TPSA) is 122 Å². The van der Waals surface area contributed by atoms with Crippen molar-refractivity contribution < 1.29 is 27.5 Å². The van der Waals surface area contributed by atoms with Gasteiger partial charge in [0.1, 0.15) is 5.60 Å². The first-order chi connectivity index (χ1) is 18.3. The second-order valence-electron chi connectivity index (χ2n) is 11.4. The van der Waals surface area contributed by atoms with Crippen LogP contribution in [0.1, 0.15) is 59.4 Å². The highest BCUT2D eigenvalue weighted by atomic mass is 32.2. The van der Waals surface area contributed by atoms with Crippen molar-refractivity contribution >= 4 is 38.8 Å². The number of thiophene rings is 1. The monoisotopic (exact) mass is 576 g/mol. The Balaban J connectivity index is 1.83. The van der Waals surface area contributed by atoms with E-state index >= 15 is 0 Å². The molecule has 1 aliphatic heterocycles. The summed E-state index contributed by atoms with van der Waals surface area (Å²) in [5.74, 6) is -1.52. The summed E-state index contributed by atoms with van der Waals surface area (Å²) in [6, 6.07) is 9.13. The van der Waals surface area contributed by atoms with Crippen molar-refractivity contribution in [3.63, 3.8) is 0 Å². The predicted molar refractivity (Wildman–Crippen MR) is 152 cm³/mol. The second kappa shape index (κ2) is 13.3. The maximum atomic E-state index is 13.6. The maximum absolute atomic E-state index is 13.6. The molecule has 3 rings (SSSR count). The molecule has 0 saturated carbocycles. The number of carbonyl (C=O) groups is 3. The minimum absolute atomic E-state index is 0.0397. The van der Waals surface area contributed by atoms with Gasteiger partial charge < -0.3 is 10.1 Å². The molecule has 2 N–H and O–H groups in total. The molecule has 0 radical (unpaired) electrons. The van der Waals surface area contributed by atoms with E-state index in [1.54, 1.807) is 12.3 Å². The number of carbonyl (C=O) groups excluding carboxylic acids is 3. The molecule has 0 spiro atoms. The van der Waals surface area contributed by atoms with Crippen molar-refractivity contribution in [2.75, 3.05) is 6.61 Å². The summed E-state index contributed by atoms with van der Waals surface area (Å²) in [5, 5.41) is 6.09. The number of amides is 1. The van der Waals surface area contributed by atoms with E-state index in [1.165, 1.54) is 22.8 Å². The average molecular weight is 577 g/mol. The van der Waals surface area contributed by atoms with Gasteiger partial charge in [0.15, 0.2) is 11.6 Å². The van der Waals surface area contributed by atoms with Crippen molar-refractivity contribution in [2.24, 2.45) is 17.8 Å². The van der Waals surface area contributed by atoms with Crippen LogP contribution in [0.5, 0.6) is 0 Å². The molecule has 0 bridgehead atoms. The smallest absolute Gasteiger partial charge is 0.242 e. The van der Waals surface area contributed by atoms with Gasteiger partial charge in [0.05, 0.1) is 23.6 Å². The summed E-state index contributed by atoms with van der Waals surface area (Å²) in [6.07, 6.45) is 0.860. The Hall–Kier alpha value is -2.40. The molecule has 0 aliphatic carbocycles. The molecule has 4 atom stereocenters. The number of nitrogens with one attached hydrogen (secondary N) is 2. The Morgan fingerprint density at radius 2 is 1.62 bits per heavy atom. The Kier molecular flexibility index (Phi) is 10.6. The van der Waals surface area contributed by atoms with Crippen LogP contribution in [-0.4, -0.2) is 50.2 Å². The van der Waals surface area contributed by atoms with Gasteiger partial charge in [-0.05, 0) is 55.0 Å². The van der Waals surface area contributed by atoms with Crippen LogP contribution in [-0.2, 0) is 35.6 Å². The van der Waals surface area contributed by atoms with Crippen molar-refractivity contribution in [1.29, 1.82) is 0 Å². The molecule has 2 heterocycles. The van der Waals surface area contributed by atoms with Crippen molar-refractivity contribution in [3.05, 3.63) is 52.7 Å². The lowest BCUT2D eigenvalue weighted by Crippen LogP contribution is -2.50. The van der Waals surface area contributed by atoms with Gasteiger partial charge in [0, 0.05) is 17.7 Å². The molecule has 1 aromatic heterocycles. The van der Waals surface area contributed by atoms with Gasteiger partial charge in [-0.15, -0.1) is 0 Å². The van der Waals surface area contributed by atoms with E-state index in [4.69, 9.17) is 4.74 Å². The van der Waals surface area contributed by atoms with E-state index in [9.17, 15) is 22.8 Å². The molecule has 2 aromatic rings. The van der Waals surface area contributed by atoms with Crippen LogP contribution < -0.4 is 10.0 Å². The van der Waals surface area contributed by atoms with E-state index in [0.717, 1.165) is 5.56 Å². The number of hydrogen-bond donors (Lipinski definition) is 2.